The van der Waals surface area contributed by atoms with Crippen LogP contribution in [0.2, 0.25) is 0 Å². The first kappa shape index (κ1) is 30.7. The molecular weight excluding hydrogens is 526 g/mol. The van der Waals surface area contributed by atoms with Crippen molar-refractivity contribution < 1.29 is 22.7 Å². The van der Waals surface area contributed by atoms with Crippen LogP contribution >= 0.6 is 0 Å². The third kappa shape index (κ3) is 7.41. The van der Waals surface area contributed by atoms with Crippen LogP contribution in [0, 0.1) is 19.8 Å². The van der Waals surface area contributed by atoms with Gasteiger partial charge in [0.25, 0.3) is 10.0 Å². The van der Waals surface area contributed by atoms with E-state index in [-0.39, 0.29) is 23.3 Å². The molecule has 0 radical (unpaired) electrons. The molecule has 1 atom stereocenters. The Balaban J connectivity index is 2.03. The summed E-state index contributed by atoms with van der Waals surface area (Å²) in [6, 6.07) is 19.8. The Kier molecular flexibility index (Phi) is 10.3. The third-order valence-corrected chi connectivity index (χ3v) is 8.59. The summed E-state index contributed by atoms with van der Waals surface area (Å²) in [5.41, 5.74) is 2.84. The monoisotopic (exact) mass is 565 g/mol. The van der Waals surface area contributed by atoms with Crippen LogP contribution in [-0.2, 0) is 26.2 Å². The molecule has 0 heterocycles. The molecule has 0 spiro atoms. The Labute approximate surface area is 238 Å². The molecule has 0 bridgehead atoms. The fourth-order valence-electron chi connectivity index (χ4n) is 4.20. The molecule has 9 heteroatoms. The lowest BCUT2D eigenvalue weighted by molar-refractivity contribution is -0.139. The maximum Gasteiger partial charge on any atom is 0.264 e. The van der Waals surface area contributed by atoms with Crippen molar-refractivity contribution in [1.82, 2.24) is 10.2 Å². The molecule has 0 aliphatic heterocycles. The van der Waals surface area contributed by atoms with Crippen molar-refractivity contribution in [3.63, 3.8) is 0 Å². The van der Waals surface area contributed by atoms with Gasteiger partial charge in [0.2, 0.25) is 11.8 Å². The Hall–Kier alpha value is -3.85. The molecule has 0 saturated heterocycles. The van der Waals surface area contributed by atoms with Crippen LogP contribution in [0.15, 0.2) is 77.7 Å². The number of benzene rings is 3. The third-order valence-electron chi connectivity index (χ3n) is 6.82. The lowest BCUT2D eigenvalue weighted by Gasteiger charge is -2.32. The summed E-state index contributed by atoms with van der Waals surface area (Å²) < 4.78 is 34.2. The van der Waals surface area contributed by atoms with Gasteiger partial charge in [0.05, 0.1) is 17.7 Å². The van der Waals surface area contributed by atoms with Crippen molar-refractivity contribution in [3.05, 3.63) is 89.5 Å². The molecule has 0 aliphatic rings. The predicted molar refractivity (Wildman–Crippen MR) is 158 cm³/mol. The Bertz CT molecular complexity index is 1410. The summed E-state index contributed by atoms with van der Waals surface area (Å²) in [7, 11) is -2.53. The number of carbonyl (C=O) groups excluding carboxylic acids is 2. The van der Waals surface area contributed by atoms with E-state index in [9.17, 15) is 18.0 Å². The van der Waals surface area contributed by atoms with Gasteiger partial charge in [0.15, 0.2) is 0 Å². The highest BCUT2D eigenvalue weighted by atomic mass is 32.2. The van der Waals surface area contributed by atoms with Crippen molar-refractivity contribution in [2.24, 2.45) is 5.92 Å². The average Bonchev–Trinajstić information content (AvgIpc) is 2.95. The number of nitrogens with one attached hydrogen (secondary N) is 1. The van der Waals surface area contributed by atoms with Gasteiger partial charge in [0.1, 0.15) is 18.3 Å². The second kappa shape index (κ2) is 13.5. The van der Waals surface area contributed by atoms with Crippen LogP contribution in [0.25, 0.3) is 0 Å². The number of sulfonamides is 1. The zero-order valence-electron chi connectivity index (χ0n) is 24.0. The van der Waals surface area contributed by atoms with Crippen LogP contribution < -0.4 is 14.4 Å². The maximum absolute atomic E-state index is 14.0. The van der Waals surface area contributed by atoms with Gasteiger partial charge in [-0.05, 0) is 73.7 Å². The van der Waals surface area contributed by atoms with E-state index in [0.29, 0.717) is 18.0 Å². The SMILES string of the molecule is COc1ccc(CN(C(=O)CN(c2cccc(C)c2C)S(=O)(=O)c2ccccc2)C(C)C(=O)NCC(C)C)cc1. The highest BCUT2D eigenvalue weighted by molar-refractivity contribution is 7.92. The van der Waals surface area contributed by atoms with Gasteiger partial charge < -0.3 is 15.0 Å². The molecule has 3 aromatic carbocycles. The number of ether oxygens (including phenoxy) is 1. The number of anilines is 1. The molecule has 0 aromatic heterocycles. The maximum atomic E-state index is 14.0. The second-order valence-electron chi connectivity index (χ2n) is 10.2. The van der Waals surface area contributed by atoms with Crippen LogP contribution in [-0.4, -0.2) is 51.4 Å². The summed E-state index contributed by atoms with van der Waals surface area (Å²) in [6.45, 7) is 9.47. The van der Waals surface area contributed by atoms with Crippen molar-refractivity contribution >= 4 is 27.5 Å². The molecule has 2 amide bonds. The molecule has 0 aliphatic carbocycles. The fourth-order valence-corrected chi connectivity index (χ4v) is 5.69. The normalized spacial score (nSPS) is 12.1. The van der Waals surface area contributed by atoms with Crippen LogP contribution in [0.4, 0.5) is 5.69 Å². The minimum atomic E-state index is -4.10. The summed E-state index contributed by atoms with van der Waals surface area (Å²) in [6.07, 6.45) is 0. The molecule has 214 valence electrons. The van der Waals surface area contributed by atoms with E-state index < -0.39 is 28.5 Å². The fraction of sp³-hybridized carbons (Fsp3) is 0.355. The summed E-state index contributed by atoms with van der Waals surface area (Å²) in [5.74, 6) is 0.0975. The lowest BCUT2D eigenvalue weighted by Crippen LogP contribution is -2.51. The van der Waals surface area contributed by atoms with Gasteiger partial charge in [-0.2, -0.15) is 0 Å². The number of rotatable bonds is 12. The molecule has 40 heavy (non-hydrogen) atoms. The largest absolute Gasteiger partial charge is 0.497 e. The summed E-state index contributed by atoms with van der Waals surface area (Å²) in [4.78, 5) is 28.6. The van der Waals surface area contributed by atoms with Gasteiger partial charge in [-0.1, -0.05) is 56.3 Å². The predicted octanol–water partition coefficient (Wildman–Crippen LogP) is 4.70. The smallest absolute Gasteiger partial charge is 0.264 e. The number of carbonyl (C=O) groups is 2. The topological polar surface area (TPSA) is 96.0 Å². The van der Waals surface area contributed by atoms with Crippen molar-refractivity contribution in [1.29, 1.82) is 0 Å². The van der Waals surface area contributed by atoms with Crippen molar-refractivity contribution in [2.45, 2.75) is 52.1 Å². The summed E-state index contributed by atoms with van der Waals surface area (Å²) >= 11 is 0. The zero-order chi connectivity index (χ0) is 29.4. The van der Waals surface area contributed by atoms with E-state index in [1.54, 1.807) is 56.5 Å². The zero-order valence-corrected chi connectivity index (χ0v) is 24.9. The van der Waals surface area contributed by atoms with Gasteiger partial charge in [0, 0.05) is 13.1 Å². The van der Waals surface area contributed by atoms with Crippen molar-refractivity contribution in [2.75, 3.05) is 24.5 Å². The highest BCUT2D eigenvalue weighted by Crippen LogP contribution is 2.29. The average molecular weight is 566 g/mol. The Morgan fingerprint density at radius 2 is 1.55 bits per heavy atom. The quantitative estimate of drug-likeness (QED) is 0.344. The minimum absolute atomic E-state index is 0.0770. The molecule has 0 fully saturated rings. The minimum Gasteiger partial charge on any atom is -0.497 e. The number of hydrogen-bond acceptors (Lipinski definition) is 5. The molecule has 3 rings (SSSR count). The molecule has 1 N–H and O–H groups in total. The summed E-state index contributed by atoms with van der Waals surface area (Å²) in [5, 5.41) is 2.89. The number of hydrogen-bond donors (Lipinski definition) is 1. The van der Waals surface area contributed by atoms with Gasteiger partial charge in [-0.15, -0.1) is 0 Å². The van der Waals surface area contributed by atoms with E-state index in [1.165, 1.54) is 17.0 Å². The molecule has 0 saturated carbocycles. The van der Waals surface area contributed by atoms with Gasteiger partial charge in [-0.3, -0.25) is 13.9 Å². The van der Waals surface area contributed by atoms with Gasteiger partial charge >= 0.3 is 0 Å². The van der Waals surface area contributed by atoms with E-state index >= 15 is 0 Å². The first-order valence-corrected chi connectivity index (χ1v) is 14.7. The van der Waals surface area contributed by atoms with Crippen LogP contribution in [0.3, 0.4) is 0 Å². The van der Waals surface area contributed by atoms with E-state index in [4.69, 9.17) is 4.74 Å². The van der Waals surface area contributed by atoms with Gasteiger partial charge in [-0.25, -0.2) is 8.42 Å². The standard InChI is InChI=1S/C31H39N3O5S/c1-22(2)19-32-31(36)25(5)33(20-26-15-17-27(39-6)18-16-26)30(35)21-34(29-14-10-11-23(3)24(29)4)40(37,38)28-12-8-7-9-13-28/h7-18,22,25H,19-21H2,1-6H3,(H,32,36). The molecule has 1 unspecified atom stereocenters. The van der Waals surface area contributed by atoms with E-state index in [2.05, 4.69) is 5.32 Å². The van der Waals surface area contributed by atoms with E-state index in [0.717, 1.165) is 21.0 Å². The first-order valence-electron chi connectivity index (χ1n) is 13.3. The highest BCUT2D eigenvalue weighted by Gasteiger charge is 2.33. The number of aryl methyl sites for hydroxylation is 1. The number of nitrogens with zero attached hydrogens (tertiary/aromatic N) is 2. The molecule has 8 nitrogen and oxygen atoms in total. The van der Waals surface area contributed by atoms with Crippen molar-refractivity contribution in [3.8, 4) is 5.75 Å². The Morgan fingerprint density at radius 3 is 2.15 bits per heavy atom. The number of methoxy groups -OCH3 is 1. The second-order valence-corrected chi connectivity index (χ2v) is 12.1. The Morgan fingerprint density at radius 1 is 0.900 bits per heavy atom. The van der Waals surface area contributed by atoms with E-state index in [1.807, 2.05) is 45.9 Å². The molecule has 3 aromatic rings. The lowest BCUT2D eigenvalue weighted by atomic mass is 10.1. The first-order chi connectivity index (χ1) is 18.9. The van der Waals surface area contributed by atoms with Crippen LogP contribution in [0.1, 0.15) is 37.5 Å². The van der Waals surface area contributed by atoms with Crippen LogP contribution in [0.5, 0.6) is 5.75 Å². The molecular formula is C31H39N3O5S. The number of amides is 2.